The molecule has 0 saturated heterocycles. The molecule has 0 unspecified atom stereocenters. The predicted molar refractivity (Wildman–Crippen MR) is 81.9 cm³/mol. The predicted octanol–water partition coefficient (Wildman–Crippen LogP) is 3.19. The Kier molecular flexibility index (Phi) is 4.82. The Labute approximate surface area is 124 Å². The quantitative estimate of drug-likeness (QED) is 0.917. The number of amides is 1. The number of hydrogen-bond donors (Lipinski definition) is 1. The molecule has 0 saturated carbocycles. The highest BCUT2D eigenvalue weighted by Crippen LogP contribution is 2.18. The second-order valence-corrected chi connectivity index (χ2v) is 4.70. The van der Waals surface area contributed by atoms with Gasteiger partial charge in [0.1, 0.15) is 11.5 Å². The summed E-state index contributed by atoms with van der Waals surface area (Å²) < 4.78 is 10.2. The summed E-state index contributed by atoms with van der Waals surface area (Å²) in [4.78, 5) is 12.2. The summed E-state index contributed by atoms with van der Waals surface area (Å²) in [6.45, 7) is 1.94. The van der Waals surface area contributed by atoms with Gasteiger partial charge in [0.2, 0.25) is 0 Å². The molecule has 0 spiro atoms. The van der Waals surface area contributed by atoms with E-state index in [1.165, 1.54) is 0 Å². The Hall–Kier alpha value is -2.49. The highest BCUT2D eigenvalue weighted by Gasteiger charge is 2.12. The van der Waals surface area contributed by atoms with Crippen LogP contribution in [0.5, 0.6) is 11.5 Å². The van der Waals surface area contributed by atoms with Crippen LogP contribution >= 0.6 is 0 Å². The molecule has 0 aliphatic rings. The van der Waals surface area contributed by atoms with Crippen LogP contribution in [-0.4, -0.2) is 20.1 Å². The van der Waals surface area contributed by atoms with Crippen molar-refractivity contribution in [1.82, 2.24) is 5.32 Å². The lowest BCUT2D eigenvalue weighted by molar-refractivity contribution is 0.0939. The number of methoxy groups -OCH3 is 2. The summed E-state index contributed by atoms with van der Waals surface area (Å²) in [5.41, 5.74) is 1.60. The minimum Gasteiger partial charge on any atom is -0.497 e. The molecule has 0 fully saturated rings. The van der Waals surface area contributed by atoms with Gasteiger partial charge >= 0.3 is 0 Å². The van der Waals surface area contributed by atoms with Crippen LogP contribution < -0.4 is 14.8 Å². The molecule has 1 atom stereocenters. The lowest BCUT2D eigenvalue weighted by atomic mass is 10.1. The van der Waals surface area contributed by atoms with Gasteiger partial charge in [0.25, 0.3) is 5.91 Å². The maximum atomic E-state index is 12.2. The van der Waals surface area contributed by atoms with Crippen LogP contribution in [0.4, 0.5) is 0 Å². The van der Waals surface area contributed by atoms with Crippen molar-refractivity contribution in [3.8, 4) is 11.5 Å². The van der Waals surface area contributed by atoms with Gasteiger partial charge < -0.3 is 14.8 Å². The summed E-state index contributed by atoms with van der Waals surface area (Å²) in [6.07, 6.45) is 0. The van der Waals surface area contributed by atoms with Crippen LogP contribution in [0.3, 0.4) is 0 Å². The van der Waals surface area contributed by atoms with E-state index in [9.17, 15) is 4.79 Å². The Bertz CT molecular complexity index is 608. The molecule has 0 aromatic heterocycles. The molecule has 2 aromatic rings. The lowest BCUT2D eigenvalue weighted by Gasteiger charge is -2.15. The van der Waals surface area contributed by atoms with Crippen molar-refractivity contribution >= 4 is 5.91 Å². The molecule has 110 valence electrons. The summed E-state index contributed by atoms with van der Waals surface area (Å²) in [6, 6.07) is 14.6. The van der Waals surface area contributed by atoms with E-state index in [0.29, 0.717) is 11.3 Å². The molecular weight excluding hydrogens is 266 g/mol. The zero-order chi connectivity index (χ0) is 15.2. The van der Waals surface area contributed by atoms with Crippen molar-refractivity contribution in [2.75, 3.05) is 14.2 Å². The third kappa shape index (κ3) is 3.75. The lowest BCUT2D eigenvalue weighted by Crippen LogP contribution is -2.26. The fraction of sp³-hybridized carbons (Fsp3) is 0.235. The molecule has 2 aromatic carbocycles. The highest BCUT2D eigenvalue weighted by atomic mass is 16.5. The van der Waals surface area contributed by atoms with Crippen molar-refractivity contribution in [1.29, 1.82) is 0 Å². The van der Waals surface area contributed by atoms with Crippen LogP contribution in [0, 0.1) is 0 Å². The summed E-state index contributed by atoms with van der Waals surface area (Å²) in [7, 11) is 3.21. The zero-order valence-corrected chi connectivity index (χ0v) is 12.4. The summed E-state index contributed by atoms with van der Waals surface area (Å²) in [5, 5.41) is 2.97. The first kappa shape index (κ1) is 14.9. The van der Waals surface area contributed by atoms with E-state index >= 15 is 0 Å². The van der Waals surface area contributed by atoms with Gasteiger partial charge in [-0.1, -0.05) is 18.2 Å². The fourth-order valence-corrected chi connectivity index (χ4v) is 2.02. The Morgan fingerprint density at radius 1 is 1.00 bits per heavy atom. The van der Waals surface area contributed by atoms with E-state index in [1.807, 2.05) is 37.3 Å². The Morgan fingerprint density at radius 3 is 2.29 bits per heavy atom. The third-order valence-corrected chi connectivity index (χ3v) is 3.30. The second-order valence-electron chi connectivity index (χ2n) is 4.70. The second kappa shape index (κ2) is 6.79. The number of ether oxygens (including phenoxy) is 2. The van der Waals surface area contributed by atoms with E-state index < -0.39 is 0 Å². The van der Waals surface area contributed by atoms with Gasteiger partial charge in [-0.3, -0.25) is 4.79 Å². The fourth-order valence-electron chi connectivity index (χ4n) is 2.02. The van der Waals surface area contributed by atoms with Gasteiger partial charge in [-0.25, -0.2) is 0 Å². The number of benzene rings is 2. The minimum atomic E-state index is -0.128. The van der Waals surface area contributed by atoms with Crippen LogP contribution in [0.1, 0.15) is 28.9 Å². The zero-order valence-electron chi connectivity index (χ0n) is 12.4. The standard InChI is InChI=1S/C17H19NO3/c1-12(13-7-9-15(20-2)10-8-13)18-17(19)14-5-4-6-16(11-14)21-3/h4-12H,1-3H3,(H,18,19)/t12-/m0/s1. The first-order valence-electron chi connectivity index (χ1n) is 6.73. The molecule has 0 radical (unpaired) electrons. The smallest absolute Gasteiger partial charge is 0.251 e. The highest BCUT2D eigenvalue weighted by molar-refractivity contribution is 5.94. The summed E-state index contributed by atoms with van der Waals surface area (Å²) in [5.74, 6) is 1.34. The average molecular weight is 285 g/mol. The normalized spacial score (nSPS) is 11.6. The van der Waals surface area contributed by atoms with Gasteiger partial charge in [-0.2, -0.15) is 0 Å². The number of carbonyl (C=O) groups excluding carboxylic acids is 1. The molecule has 0 heterocycles. The van der Waals surface area contributed by atoms with Gasteiger partial charge in [-0.05, 0) is 42.8 Å². The molecule has 4 heteroatoms. The molecule has 1 amide bonds. The number of carbonyl (C=O) groups is 1. The van der Waals surface area contributed by atoms with E-state index in [-0.39, 0.29) is 11.9 Å². The van der Waals surface area contributed by atoms with Gasteiger partial charge in [0.05, 0.1) is 20.3 Å². The molecule has 0 aliphatic carbocycles. The molecular formula is C17H19NO3. The van der Waals surface area contributed by atoms with Crippen molar-refractivity contribution < 1.29 is 14.3 Å². The van der Waals surface area contributed by atoms with Crippen LogP contribution in [-0.2, 0) is 0 Å². The van der Waals surface area contributed by atoms with Crippen molar-refractivity contribution in [3.63, 3.8) is 0 Å². The van der Waals surface area contributed by atoms with E-state index in [0.717, 1.165) is 11.3 Å². The van der Waals surface area contributed by atoms with Crippen molar-refractivity contribution in [2.24, 2.45) is 0 Å². The SMILES string of the molecule is COc1ccc([C@H](C)NC(=O)c2cccc(OC)c2)cc1. The first-order chi connectivity index (χ1) is 10.1. The summed E-state index contributed by atoms with van der Waals surface area (Å²) >= 11 is 0. The minimum absolute atomic E-state index is 0.0883. The van der Waals surface area contributed by atoms with E-state index in [4.69, 9.17) is 9.47 Å². The Balaban J connectivity index is 2.06. The Morgan fingerprint density at radius 2 is 1.67 bits per heavy atom. The third-order valence-electron chi connectivity index (χ3n) is 3.30. The van der Waals surface area contributed by atoms with Crippen molar-refractivity contribution in [3.05, 3.63) is 59.7 Å². The number of rotatable bonds is 5. The molecule has 0 aliphatic heterocycles. The first-order valence-corrected chi connectivity index (χ1v) is 6.73. The van der Waals surface area contributed by atoms with Gasteiger partial charge in [0.15, 0.2) is 0 Å². The number of hydrogen-bond acceptors (Lipinski definition) is 3. The molecule has 4 nitrogen and oxygen atoms in total. The maximum Gasteiger partial charge on any atom is 0.251 e. The van der Waals surface area contributed by atoms with E-state index in [2.05, 4.69) is 5.32 Å². The molecule has 21 heavy (non-hydrogen) atoms. The van der Waals surface area contributed by atoms with Gasteiger partial charge in [-0.15, -0.1) is 0 Å². The largest absolute Gasteiger partial charge is 0.497 e. The number of nitrogens with one attached hydrogen (secondary N) is 1. The molecule has 0 bridgehead atoms. The van der Waals surface area contributed by atoms with Crippen LogP contribution in [0.25, 0.3) is 0 Å². The van der Waals surface area contributed by atoms with Gasteiger partial charge in [0, 0.05) is 5.56 Å². The molecule has 2 rings (SSSR count). The van der Waals surface area contributed by atoms with Crippen LogP contribution in [0.2, 0.25) is 0 Å². The van der Waals surface area contributed by atoms with Crippen LogP contribution in [0.15, 0.2) is 48.5 Å². The van der Waals surface area contributed by atoms with Crippen molar-refractivity contribution in [2.45, 2.75) is 13.0 Å². The van der Waals surface area contributed by atoms with E-state index in [1.54, 1.807) is 32.4 Å². The topological polar surface area (TPSA) is 47.6 Å². The average Bonchev–Trinajstić information content (AvgIpc) is 2.54. The maximum absolute atomic E-state index is 12.2. The molecule has 1 N–H and O–H groups in total. The monoisotopic (exact) mass is 285 g/mol.